The molecule has 1 aliphatic rings. The number of hydrogen-bond donors (Lipinski definition) is 3. The van der Waals surface area contributed by atoms with Crippen molar-refractivity contribution in [3.05, 3.63) is 24.4 Å². The van der Waals surface area contributed by atoms with Crippen molar-refractivity contribution in [2.24, 2.45) is 5.73 Å². The molecule has 0 aromatic rings. The van der Waals surface area contributed by atoms with E-state index in [9.17, 15) is 4.79 Å². The van der Waals surface area contributed by atoms with Crippen LogP contribution in [-0.4, -0.2) is 19.1 Å². The number of carbonyl (C=O) groups is 1. The second-order valence-electron chi connectivity index (χ2n) is 2.38. The highest BCUT2D eigenvalue weighted by Crippen LogP contribution is 1.78. The molecule has 0 spiro atoms. The average Bonchev–Trinajstić information content (AvgIpc) is 2.08. The lowest BCUT2D eigenvalue weighted by Gasteiger charge is -2.05. The second kappa shape index (κ2) is 6.42. The maximum absolute atomic E-state index is 9.82. The van der Waals surface area contributed by atoms with Crippen LogP contribution in [0.4, 0.5) is 0 Å². The molecular weight excluding hydrogens is 154 g/mol. The fourth-order valence-electron chi connectivity index (χ4n) is 0.429. The minimum atomic E-state index is -0.435. The molecule has 4 N–H and O–H groups in total. The lowest BCUT2D eigenvalue weighted by molar-refractivity contribution is -0.114. The molecule has 0 aromatic heterocycles. The van der Waals surface area contributed by atoms with Crippen LogP contribution in [0, 0.1) is 0 Å². The van der Waals surface area contributed by atoms with Crippen LogP contribution in [-0.2, 0) is 4.79 Å². The van der Waals surface area contributed by atoms with Gasteiger partial charge in [0.05, 0.1) is 6.67 Å². The molecule has 0 fully saturated rings. The quantitative estimate of drug-likeness (QED) is 0.472. The second-order valence-corrected chi connectivity index (χ2v) is 2.38. The minimum Gasteiger partial charge on any atom is -0.379 e. The molecule has 0 unspecified atom stereocenters. The van der Waals surface area contributed by atoms with Crippen molar-refractivity contribution in [3.8, 4) is 0 Å². The Hall–Kier alpha value is -1.29. The summed E-state index contributed by atoms with van der Waals surface area (Å²) in [4.78, 5) is 9.82. The Morgan fingerprint density at radius 3 is 2.33 bits per heavy atom. The van der Waals surface area contributed by atoms with Crippen LogP contribution in [0.5, 0.6) is 0 Å². The summed E-state index contributed by atoms with van der Waals surface area (Å²) in [6.45, 7) is 6.77. The molecule has 1 amide bonds. The number of primary amides is 1. The fourth-order valence-corrected chi connectivity index (χ4v) is 0.429. The van der Waals surface area contributed by atoms with Gasteiger partial charge in [0.15, 0.2) is 0 Å². The zero-order valence-corrected chi connectivity index (χ0v) is 7.26. The molecule has 1 aliphatic heterocycles. The highest BCUT2D eigenvalue weighted by molar-refractivity contribution is 5.90. The number of carbonyl (C=O) groups excluding carboxylic acids is 1. The Morgan fingerprint density at radius 1 is 1.67 bits per heavy atom. The van der Waals surface area contributed by atoms with Gasteiger partial charge in [-0.2, -0.15) is 0 Å². The van der Waals surface area contributed by atoms with Crippen LogP contribution < -0.4 is 16.4 Å². The van der Waals surface area contributed by atoms with E-state index in [4.69, 9.17) is 5.73 Å². The van der Waals surface area contributed by atoms with Gasteiger partial charge < -0.3 is 11.1 Å². The summed E-state index contributed by atoms with van der Waals surface area (Å²) in [6, 6.07) is 0. The van der Waals surface area contributed by atoms with Crippen LogP contribution in [0.1, 0.15) is 6.92 Å². The van der Waals surface area contributed by atoms with Gasteiger partial charge in [0, 0.05) is 12.1 Å². The van der Waals surface area contributed by atoms with Crippen molar-refractivity contribution in [1.82, 2.24) is 10.6 Å². The van der Waals surface area contributed by atoms with Crippen LogP contribution in [0.3, 0.4) is 0 Å². The maximum Gasteiger partial charge on any atom is 0.243 e. The van der Waals surface area contributed by atoms with Crippen molar-refractivity contribution in [2.75, 3.05) is 13.2 Å². The van der Waals surface area contributed by atoms with E-state index in [-0.39, 0.29) is 0 Å². The van der Waals surface area contributed by atoms with Gasteiger partial charge in [-0.3, -0.25) is 10.1 Å². The molecule has 1 heterocycles. The number of hydrogen-bond acceptors (Lipinski definition) is 3. The SMILES string of the molecule is C1=CNCNC1.C=C(C)C(N)=O. The summed E-state index contributed by atoms with van der Waals surface area (Å²) >= 11 is 0. The number of amides is 1. The van der Waals surface area contributed by atoms with Crippen molar-refractivity contribution in [1.29, 1.82) is 0 Å². The maximum atomic E-state index is 9.82. The van der Waals surface area contributed by atoms with Gasteiger partial charge in [-0.15, -0.1) is 0 Å². The number of nitrogens with one attached hydrogen (secondary N) is 2. The predicted octanol–water partition coefficient (Wildman–Crippen LogP) is -0.302. The molecular formula is C8H15N3O. The van der Waals surface area contributed by atoms with Crippen LogP contribution in [0.2, 0.25) is 0 Å². The van der Waals surface area contributed by atoms with Gasteiger partial charge in [-0.25, -0.2) is 0 Å². The fraction of sp³-hybridized carbons (Fsp3) is 0.375. The van der Waals surface area contributed by atoms with Crippen LogP contribution >= 0.6 is 0 Å². The summed E-state index contributed by atoms with van der Waals surface area (Å²) in [5, 5.41) is 6.08. The first-order valence-corrected chi connectivity index (χ1v) is 3.69. The lowest BCUT2D eigenvalue weighted by atomic mass is 10.3. The Labute approximate surface area is 72.5 Å². The molecule has 0 saturated carbocycles. The first kappa shape index (κ1) is 10.7. The van der Waals surface area contributed by atoms with E-state index >= 15 is 0 Å². The average molecular weight is 169 g/mol. The lowest BCUT2D eigenvalue weighted by Crippen LogP contribution is -2.29. The van der Waals surface area contributed by atoms with E-state index in [1.165, 1.54) is 0 Å². The van der Waals surface area contributed by atoms with Crippen LogP contribution in [0.25, 0.3) is 0 Å². The molecule has 0 atom stereocenters. The molecule has 0 radical (unpaired) electrons. The zero-order chi connectivity index (χ0) is 9.40. The van der Waals surface area contributed by atoms with E-state index < -0.39 is 5.91 Å². The van der Waals surface area contributed by atoms with Gasteiger partial charge >= 0.3 is 0 Å². The Balaban J connectivity index is 0.000000202. The smallest absolute Gasteiger partial charge is 0.243 e. The van der Waals surface area contributed by atoms with Gasteiger partial charge in [-0.1, -0.05) is 12.7 Å². The molecule has 0 saturated heterocycles. The molecule has 0 aliphatic carbocycles. The molecule has 0 bridgehead atoms. The highest BCUT2D eigenvalue weighted by atomic mass is 16.1. The molecule has 4 heteroatoms. The molecule has 1 rings (SSSR count). The third-order valence-electron chi connectivity index (χ3n) is 1.15. The minimum absolute atomic E-state index is 0.398. The van der Waals surface area contributed by atoms with Crippen molar-refractivity contribution >= 4 is 5.91 Å². The summed E-state index contributed by atoms with van der Waals surface area (Å²) in [6.07, 6.45) is 4.00. The largest absolute Gasteiger partial charge is 0.379 e. The van der Waals surface area contributed by atoms with Crippen molar-refractivity contribution < 1.29 is 4.79 Å². The van der Waals surface area contributed by atoms with Crippen LogP contribution in [0.15, 0.2) is 24.4 Å². The monoisotopic (exact) mass is 169 g/mol. The third-order valence-corrected chi connectivity index (χ3v) is 1.15. The van der Waals surface area contributed by atoms with E-state index in [1.54, 1.807) is 6.92 Å². The first-order valence-electron chi connectivity index (χ1n) is 3.69. The molecule has 4 nitrogen and oxygen atoms in total. The van der Waals surface area contributed by atoms with E-state index in [2.05, 4.69) is 17.2 Å². The summed E-state index contributed by atoms with van der Waals surface area (Å²) < 4.78 is 0. The normalized spacial score (nSPS) is 13.8. The third kappa shape index (κ3) is 6.82. The molecule has 68 valence electrons. The predicted molar refractivity (Wildman–Crippen MR) is 49.2 cm³/mol. The number of nitrogens with two attached hydrogens (primary N) is 1. The van der Waals surface area contributed by atoms with Gasteiger partial charge in [0.1, 0.15) is 0 Å². The van der Waals surface area contributed by atoms with E-state index in [0.29, 0.717) is 5.57 Å². The Bertz CT molecular complexity index is 167. The standard InChI is InChI=1S/C4H8N2.C4H7NO/c1-2-5-4-6-3-1;1-3(2)4(5)6/h1-2,5-6H,3-4H2;1H2,2H3,(H2,5,6). The van der Waals surface area contributed by atoms with Gasteiger partial charge in [0.25, 0.3) is 0 Å². The van der Waals surface area contributed by atoms with Gasteiger partial charge in [0.2, 0.25) is 5.91 Å². The van der Waals surface area contributed by atoms with Gasteiger partial charge in [-0.05, 0) is 13.1 Å². The van der Waals surface area contributed by atoms with Crippen molar-refractivity contribution in [2.45, 2.75) is 6.92 Å². The number of rotatable bonds is 1. The summed E-state index contributed by atoms with van der Waals surface area (Å²) in [5.74, 6) is -0.435. The summed E-state index contributed by atoms with van der Waals surface area (Å²) in [7, 11) is 0. The Morgan fingerprint density at radius 2 is 2.25 bits per heavy atom. The summed E-state index contributed by atoms with van der Waals surface area (Å²) in [5.41, 5.74) is 5.09. The topological polar surface area (TPSA) is 67.2 Å². The Kier molecular flexibility index (Phi) is 5.73. The first-order chi connectivity index (χ1) is 5.64. The van der Waals surface area contributed by atoms with Crippen molar-refractivity contribution in [3.63, 3.8) is 0 Å². The van der Waals surface area contributed by atoms with E-state index in [0.717, 1.165) is 13.2 Å². The highest BCUT2D eigenvalue weighted by Gasteiger charge is 1.86. The molecule has 0 aromatic carbocycles. The molecule has 12 heavy (non-hydrogen) atoms. The zero-order valence-electron chi connectivity index (χ0n) is 7.26. The van der Waals surface area contributed by atoms with E-state index in [1.807, 2.05) is 12.3 Å².